The Morgan fingerprint density at radius 1 is 0.971 bits per heavy atom. The molecule has 0 bridgehead atoms. The van der Waals surface area contributed by atoms with Crippen molar-refractivity contribution in [2.75, 3.05) is 20.3 Å². The minimum Gasteiger partial charge on any atom is -0.496 e. The van der Waals surface area contributed by atoms with Gasteiger partial charge >= 0.3 is 5.69 Å². The predicted octanol–water partition coefficient (Wildman–Crippen LogP) is 3.75. The highest BCUT2D eigenvalue weighted by atomic mass is 35.5. The van der Waals surface area contributed by atoms with Gasteiger partial charge in [0.05, 0.1) is 18.1 Å². The summed E-state index contributed by atoms with van der Waals surface area (Å²) in [6, 6.07) is 21.4. The lowest BCUT2D eigenvalue weighted by atomic mass is 10.1. The van der Waals surface area contributed by atoms with Gasteiger partial charge in [0, 0.05) is 20.6 Å². The third-order valence-electron chi connectivity index (χ3n) is 6.10. The van der Waals surface area contributed by atoms with Crippen LogP contribution in [0.5, 0.6) is 11.5 Å². The lowest BCUT2D eigenvalue weighted by molar-refractivity contribution is 0.108. The molecule has 186 valence electrons. The lowest BCUT2D eigenvalue weighted by Crippen LogP contribution is -2.19. The van der Waals surface area contributed by atoms with E-state index in [1.165, 1.54) is 5.56 Å². The van der Waals surface area contributed by atoms with Gasteiger partial charge in [-0.05, 0) is 60.0 Å². The number of nitrogens with zero attached hydrogens (tertiary/aromatic N) is 2. The molecule has 0 radical (unpaired) electrons. The van der Waals surface area contributed by atoms with Crippen molar-refractivity contribution in [1.82, 2.24) is 14.5 Å². The van der Waals surface area contributed by atoms with Crippen LogP contribution in [0.15, 0.2) is 71.5 Å². The van der Waals surface area contributed by atoms with E-state index < -0.39 is 6.10 Å². The fourth-order valence-corrected chi connectivity index (χ4v) is 4.07. The van der Waals surface area contributed by atoms with E-state index in [1.54, 1.807) is 30.3 Å². The topological polar surface area (TPSA) is 77.7 Å². The molecule has 4 aromatic rings. The Hall–Kier alpha value is -3.26. The molecule has 0 saturated carbocycles. The zero-order valence-electron chi connectivity index (χ0n) is 20.2. The normalized spacial score (nSPS) is 11.8. The molecule has 7 nitrogen and oxygen atoms in total. The summed E-state index contributed by atoms with van der Waals surface area (Å²) in [4.78, 5) is 12.1. The van der Waals surface area contributed by atoms with Crippen LogP contribution in [0, 0.1) is 0 Å². The molecule has 2 N–H and O–H groups in total. The highest BCUT2D eigenvalue weighted by Crippen LogP contribution is 2.21. The van der Waals surface area contributed by atoms with E-state index in [9.17, 15) is 9.90 Å². The largest absolute Gasteiger partial charge is 0.496 e. The maximum Gasteiger partial charge on any atom is 0.328 e. The quantitative estimate of drug-likeness (QED) is 0.326. The SMILES string of the molecule is COc1ccccc1CCNCc1ccc(OCC(O)c2ccc3c(c2)n(C)c(=O)n3C)cc1.Cl. The van der Waals surface area contributed by atoms with Gasteiger partial charge in [0.1, 0.15) is 24.2 Å². The number of benzene rings is 3. The zero-order chi connectivity index (χ0) is 24.1. The fourth-order valence-electron chi connectivity index (χ4n) is 4.07. The molecular weight excluding hydrogens is 466 g/mol. The third kappa shape index (κ3) is 6.06. The summed E-state index contributed by atoms with van der Waals surface area (Å²) in [7, 11) is 5.16. The molecule has 4 rings (SSSR count). The van der Waals surface area contributed by atoms with Crippen LogP contribution in [-0.2, 0) is 27.1 Å². The number of ether oxygens (including phenoxy) is 2. The van der Waals surface area contributed by atoms with Gasteiger partial charge in [0.2, 0.25) is 0 Å². The molecule has 3 aromatic carbocycles. The number of halogens is 1. The van der Waals surface area contributed by atoms with Gasteiger partial charge in [-0.25, -0.2) is 4.79 Å². The number of aliphatic hydroxyl groups excluding tert-OH is 1. The molecule has 1 atom stereocenters. The molecular formula is C27H32ClN3O4. The first-order valence-corrected chi connectivity index (χ1v) is 11.4. The highest BCUT2D eigenvalue weighted by molar-refractivity contribution is 5.85. The zero-order valence-corrected chi connectivity index (χ0v) is 21.0. The molecule has 1 aromatic heterocycles. The van der Waals surface area contributed by atoms with E-state index in [0.717, 1.165) is 41.9 Å². The standard InChI is InChI=1S/C27H31N3O4.ClH/c1-29-23-13-10-21(16-24(23)30(2)27(29)32)25(31)18-34-22-11-8-19(9-12-22)17-28-15-14-20-6-4-5-7-26(20)33-3;/h4-13,16,25,28,31H,14-15,17-18H2,1-3H3;1H. The minimum atomic E-state index is -0.795. The molecule has 8 heteroatoms. The number of para-hydroxylation sites is 1. The molecule has 0 spiro atoms. The van der Waals surface area contributed by atoms with Crippen LogP contribution in [0.4, 0.5) is 0 Å². The van der Waals surface area contributed by atoms with E-state index in [1.807, 2.05) is 60.7 Å². The van der Waals surface area contributed by atoms with Crippen molar-refractivity contribution in [3.63, 3.8) is 0 Å². The van der Waals surface area contributed by atoms with Crippen molar-refractivity contribution < 1.29 is 14.6 Å². The maximum atomic E-state index is 12.1. The summed E-state index contributed by atoms with van der Waals surface area (Å²) in [5, 5.41) is 14.1. The Morgan fingerprint density at radius 2 is 1.69 bits per heavy atom. The number of hydrogen-bond acceptors (Lipinski definition) is 5. The number of hydrogen-bond donors (Lipinski definition) is 2. The number of aryl methyl sites for hydroxylation is 2. The average Bonchev–Trinajstić information content (AvgIpc) is 3.09. The number of nitrogens with one attached hydrogen (secondary N) is 1. The van der Waals surface area contributed by atoms with E-state index in [-0.39, 0.29) is 24.7 Å². The molecule has 0 aliphatic carbocycles. The smallest absolute Gasteiger partial charge is 0.328 e. The molecule has 0 aliphatic heterocycles. The van der Waals surface area contributed by atoms with E-state index in [4.69, 9.17) is 9.47 Å². The monoisotopic (exact) mass is 497 g/mol. The first kappa shape index (κ1) is 26.3. The Bertz CT molecular complexity index is 1310. The van der Waals surface area contributed by atoms with Gasteiger partial charge in [-0.2, -0.15) is 0 Å². The van der Waals surface area contributed by atoms with Crippen molar-refractivity contribution in [1.29, 1.82) is 0 Å². The van der Waals surface area contributed by atoms with Crippen LogP contribution < -0.4 is 20.5 Å². The number of aromatic nitrogens is 2. The van der Waals surface area contributed by atoms with Gasteiger partial charge in [-0.15, -0.1) is 12.4 Å². The first-order chi connectivity index (χ1) is 16.5. The summed E-state index contributed by atoms with van der Waals surface area (Å²) >= 11 is 0. The Balaban J connectivity index is 0.00000342. The number of imidazole rings is 1. The number of fused-ring (bicyclic) bond motifs is 1. The van der Waals surface area contributed by atoms with Gasteiger partial charge in [-0.1, -0.05) is 36.4 Å². The van der Waals surface area contributed by atoms with Crippen molar-refractivity contribution in [2.24, 2.45) is 14.1 Å². The van der Waals surface area contributed by atoms with E-state index in [0.29, 0.717) is 11.3 Å². The minimum absolute atomic E-state index is 0. The maximum absolute atomic E-state index is 12.1. The molecule has 0 amide bonds. The second-order valence-electron chi connectivity index (χ2n) is 8.36. The summed E-state index contributed by atoms with van der Waals surface area (Å²) in [6.45, 7) is 1.73. The third-order valence-corrected chi connectivity index (χ3v) is 6.10. The van der Waals surface area contributed by atoms with Gasteiger partial charge in [0.15, 0.2) is 0 Å². The van der Waals surface area contributed by atoms with Crippen LogP contribution in [-0.4, -0.2) is 34.5 Å². The molecule has 1 unspecified atom stereocenters. The Labute approximate surface area is 211 Å². The van der Waals surface area contributed by atoms with Crippen molar-refractivity contribution >= 4 is 23.4 Å². The predicted molar refractivity (Wildman–Crippen MR) is 141 cm³/mol. The molecule has 0 saturated heterocycles. The fraction of sp³-hybridized carbons (Fsp3) is 0.296. The number of rotatable bonds is 10. The lowest BCUT2D eigenvalue weighted by Gasteiger charge is -2.14. The highest BCUT2D eigenvalue weighted by Gasteiger charge is 2.13. The van der Waals surface area contributed by atoms with E-state index >= 15 is 0 Å². The van der Waals surface area contributed by atoms with Crippen LogP contribution in [0.25, 0.3) is 11.0 Å². The van der Waals surface area contributed by atoms with Crippen molar-refractivity contribution in [2.45, 2.75) is 19.1 Å². The second kappa shape index (κ2) is 11.9. The Kier molecular flexibility index (Phi) is 8.98. The van der Waals surface area contributed by atoms with Crippen LogP contribution in [0.2, 0.25) is 0 Å². The van der Waals surface area contributed by atoms with Crippen LogP contribution >= 0.6 is 12.4 Å². The molecule has 35 heavy (non-hydrogen) atoms. The van der Waals surface area contributed by atoms with Gasteiger partial charge < -0.3 is 19.9 Å². The van der Waals surface area contributed by atoms with Gasteiger partial charge in [-0.3, -0.25) is 9.13 Å². The van der Waals surface area contributed by atoms with Crippen molar-refractivity contribution in [3.05, 3.63) is 93.9 Å². The van der Waals surface area contributed by atoms with Crippen molar-refractivity contribution in [3.8, 4) is 11.5 Å². The number of methoxy groups -OCH3 is 1. The summed E-state index contributed by atoms with van der Waals surface area (Å²) in [5.41, 5.74) is 4.58. The Morgan fingerprint density at radius 3 is 2.43 bits per heavy atom. The summed E-state index contributed by atoms with van der Waals surface area (Å²) < 4.78 is 14.4. The van der Waals surface area contributed by atoms with Crippen LogP contribution in [0.3, 0.4) is 0 Å². The van der Waals surface area contributed by atoms with Crippen LogP contribution in [0.1, 0.15) is 22.8 Å². The summed E-state index contributed by atoms with van der Waals surface area (Å²) in [5.74, 6) is 1.62. The van der Waals surface area contributed by atoms with Gasteiger partial charge in [0.25, 0.3) is 0 Å². The molecule has 0 fully saturated rings. The molecule has 0 aliphatic rings. The second-order valence-corrected chi connectivity index (χ2v) is 8.36. The first-order valence-electron chi connectivity index (χ1n) is 11.4. The summed E-state index contributed by atoms with van der Waals surface area (Å²) in [6.07, 6.45) is 0.0995. The van der Waals surface area contributed by atoms with E-state index in [2.05, 4.69) is 11.4 Å². The average molecular weight is 498 g/mol. The number of aliphatic hydroxyl groups is 1. The molecule has 1 heterocycles.